The molecule has 2 rings (SSSR count). The lowest BCUT2D eigenvalue weighted by Crippen LogP contribution is -2.42. The molecule has 8 heteroatoms. The summed E-state index contributed by atoms with van der Waals surface area (Å²) in [6.45, 7) is 2.85. The van der Waals surface area contributed by atoms with Crippen LogP contribution in [0.1, 0.15) is 18.7 Å². The minimum absolute atomic E-state index is 0.0916. The van der Waals surface area contributed by atoms with Crippen LogP contribution in [0.3, 0.4) is 0 Å². The van der Waals surface area contributed by atoms with Crippen LogP contribution >= 0.6 is 11.3 Å². The van der Waals surface area contributed by atoms with Crippen molar-refractivity contribution in [3.8, 4) is 0 Å². The molecule has 2 aromatic rings. The van der Waals surface area contributed by atoms with Gasteiger partial charge in [-0.1, -0.05) is 12.1 Å². The lowest BCUT2D eigenvalue weighted by molar-refractivity contribution is -0.136. The van der Waals surface area contributed by atoms with Crippen LogP contribution < -0.4 is 16.0 Å². The van der Waals surface area contributed by atoms with E-state index in [1.807, 2.05) is 5.38 Å². The first kappa shape index (κ1) is 18.6. The summed E-state index contributed by atoms with van der Waals surface area (Å²) >= 11 is 1.36. The van der Waals surface area contributed by atoms with E-state index in [1.54, 1.807) is 37.3 Å². The number of rotatable bonds is 5. The van der Waals surface area contributed by atoms with Crippen LogP contribution in [0.4, 0.5) is 11.4 Å². The molecule has 1 aromatic carbocycles. The summed E-state index contributed by atoms with van der Waals surface area (Å²) in [6.07, 6.45) is 0. The second-order valence-corrected chi connectivity index (χ2v) is 6.60. The highest BCUT2D eigenvalue weighted by molar-refractivity contribution is 7.10. The Balaban J connectivity index is 1.92. The number of carbonyl (C=O) groups is 3. The topological polar surface area (TPSA) is 108 Å². The van der Waals surface area contributed by atoms with Crippen molar-refractivity contribution in [3.05, 3.63) is 46.7 Å². The Labute approximate surface area is 149 Å². The number of benzene rings is 1. The van der Waals surface area contributed by atoms with Gasteiger partial charge in [-0.25, -0.2) is 0 Å². The molecule has 0 saturated carbocycles. The zero-order valence-electron chi connectivity index (χ0n) is 13.8. The van der Waals surface area contributed by atoms with Gasteiger partial charge < -0.3 is 21.1 Å². The zero-order valence-corrected chi connectivity index (χ0v) is 14.6. The zero-order chi connectivity index (χ0) is 18.4. The Kier molecular flexibility index (Phi) is 5.89. The SMILES string of the molecule is CC(=O)Nc1cccc(NC(=O)C(=O)NCC(C)(O)c2cccs2)c1. The largest absolute Gasteiger partial charge is 0.383 e. The minimum Gasteiger partial charge on any atom is -0.383 e. The van der Waals surface area contributed by atoms with E-state index in [2.05, 4.69) is 16.0 Å². The van der Waals surface area contributed by atoms with Gasteiger partial charge in [0.15, 0.2) is 0 Å². The predicted molar refractivity (Wildman–Crippen MR) is 96.3 cm³/mol. The molecule has 25 heavy (non-hydrogen) atoms. The van der Waals surface area contributed by atoms with E-state index in [0.717, 1.165) is 0 Å². The lowest BCUT2D eigenvalue weighted by atomic mass is 10.1. The van der Waals surface area contributed by atoms with Crippen molar-refractivity contribution in [2.24, 2.45) is 0 Å². The maximum Gasteiger partial charge on any atom is 0.313 e. The molecule has 0 radical (unpaired) electrons. The fourth-order valence-corrected chi connectivity index (χ4v) is 2.86. The van der Waals surface area contributed by atoms with Gasteiger partial charge in [-0.15, -0.1) is 11.3 Å². The monoisotopic (exact) mass is 361 g/mol. The van der Waals surface area contributed by atoms with Gasteiger partial charge in [-0.3, -0.25) is 14.4 Å². The van der Waals surface area contributed by atoms with Crippen molar-refractivity contribution in [3.63, 3.8) is 0 Å². The highest BCUT2D eigenvalue weighted by Gasteiger charge is 2.26. The van der Waals surface area contributed by atoms with Crippen LogP contribution in [0, 0.1) is 0 Å². The van der Waals surface area contributed by atoms with Crippen LogP contribution in [-0.2, 0) is 20.0 Å². The average Bonchev–Trinajstić information content (AvgIpc) is 3.07. The van der Waals surface area contributed by atoms with Gasteiger partial charge >= 0.3 is 11.8 Å². The van der Waals surface area contributed by atoms with Gasteiger partial charge in [0, 0.05) is 23.2 Å². The smallest absolute Gasteiger partial charge is 0.313 e. The standard InChI is InChI=1S/C17H19N3O4S/c1-11(21)19-12-5-3-6-13(9-12)20-16(23)15(22)18-10-17(2,24)14-7-4-8-25-14/h3-9,24H,10H2,1-2H3,(H,18,22)(H,19,21)(H,20,23). The Morgan fingerprint density at radius 2 is 1.76 bits per heavy atom. The Hall–Kier alpha value is -2.71. The van der Waals surface area contributed by atoms with E-state index in [4.69, 9.17) is 0 Å². The Morgan fingerprint density at radius 1 is 1.08 bits per heavy atom. The Morgan fingerprint density at radius 3 is 2.36 bits per heavy atom. The van der Waals surface area contributed by atoms with Crippen molar-refractivity contribution in [1.29, 1.82) is 0 Å². The summed E-state index contributed by atoms with van der Waals surface area (Å²) < 4.78 is 0. The molecule has 132 valence electrons. The molecular formula is C17H19N3O4S. The third-order valence-corrected chi connectivity index (χ3v) is 4.42. The first-order valence-electron chi connectivity index (χ1n) is 7.51. The third kappa shape index (κ3) is 5.40. The normalized spacial score (nSPS) is 12.8. The number of carbonyl (C=O) groups excluding carboxylic acids is 3. The van der Waals surface area contributed by atoms with Crippen LogP contribution in [0.2, 0.25) is 0 Å². The number of thiophene rings is 1. The van der Waals surface area contributed by atoms with Gasteiger partial charge in [0.2, 0.25) is 5.91 Å². The quantitative estimate of drug-likeness (QED) is 0.608. The number of hydrogen-bond acceptors (Lipinski definition) is 5. The van der Waals surface area contributed by atoms with Crippen molar-refractivity contribution < 1.29 is 19.5 Å². The number of hydrogen-bond donors (Lipinski definition) is 4. The van der Waals surface area contributed by atoms with Gasteiger partial charge in [0.05, 0.1) is 6.54 Å². The first-order valence-corrected chi connectivity index (χ1v) is 8.39. The number of anilines is 2. The second kappa shape index (κ2) is 7.91. The molecule has 0 spiro atoms. The van der Waals surface area contributed by atoms with Crippen LogP contribution in [0.5, 0.6) is 0 Å². The van der Waals surface area contributed by atoms with Crippen LogP contribution in [-0.4, -0.2) is 29.4 Å². The van der Waals surface area contributed by atoms with Crippen LogP contribution in [0.15, 0.2) is 41.8 Å². The van der Waals surface area contributed by atoms with E-state index < -0.39 is 17.4 Å². The molecule has 0 saturated heterocycles. The van der Waals surface area contributed by atoms with E-state index in [1.165, 1.54) is 24.3 Å². The summed E-state index contributed by atoms with van der Waals surface area (Å²) in [6, 6.07) is 9.98. The van der Waals surface area contributed by atoms with Crippen molar-refractivity contribution in [1.82, 2.24) is 5.32 Å². The maximum atomic E-state index is 12.0. The molecule has 1 aromatic heterocycles. The highest BCUT2D eigenvalue weighted by atomic mass is 32.1. The fraction of sp³-hybridized carbons (Fsp3) is 0.235. The molecule has 1 atom stereocenters. The molecule has 0 bridgehead atoms. The molecule has 7 nitrogen and oxygen atoms in total. The average molecular weight is 361 g/mol. The lowest BCUT2D eigenvalue weighted by Gasteiger charge is -2.22. The summed E-state index contributed by atoms with van der Waals surface area (Å²) in [4.78, 5) is 35.6. The molecule has 4 N–H and O–H groups in total. The van der Waals surface area contributed by atoms with Gasteiger partial charge in [-0.2, -0.15) is 0 Å². The van der Waals surface area contributed by atoms with Gasteiger partial charge in [0.25, 0.3) is 0 Å². The van der Waals surface area contributed by atoms with Gasteiger partial charge in [-0.05, 0) is 36.6 Å². The molecule has 0 fully saturated rings. The molecule has 1 heterocycles. The maximum absolute atomic E-state index is 12.0. The Bertz CT molecular complexity index is 772. The summed E-state index contributed by atoms with van der Waals surface area (Å²) in [7, 11) is 0. The van der Waals surface area contributed by atoms with Crippen molar-refractivity contribution in [2.75, 3.05) is 17.2 Å². The third-order valence-electron chi connectivity index (χ3n) is 3.29. The molecular weight excluding hydrogens is 342 g/mol. The van der Waals surface area contributed by atoms with E-state index in [-0.39, 0.29) is 12.5 Å². The molecule has 0 aliphatic heterocycles. The number of nitrogens with one attached hydrogen (secondary N) is 3. The molecule has 0 aliphatic rings. The van der Waals surface area contributed by atoms with Crippen molar-refractivity contribution in [2.45, 2.75) is 19.4 Å². The summed E-state index contributed by atoms with van der Waals surface area (Å²) in [5, 5.41) is 19.6. The minimum atomic E-state index is -1.25. The number of amides is 3. The van der Waals surface area contributed by atoms with E-state index in [9.17, 15) is 19.5 Å². The van der Waals surface area contributed by atoms with E-state index in [0.29, 0.717) is 16.3 Å². The molecule has 0 aliphatic carbocycles. The molecule has 1 unspecified atom stereocenters. The van der Waals surface area contributed by atoms with Gasteiger partial charge in [0.1, 0.15) is 5.60 Å². The second-order valence-electron chi connectivity index (χ2n) is 5.65. The van der Waals surface area contributed by atoms with E-state index >= 15 is 0 Å². The van der Waals surface area contributed by atoms with Crippen molar-refractivity contribution >= 4 is 40.4 Å². The van der Waals surface area contributed by atoms with Crippen LogP contribution in [0.25, 0.3) is 0 Å². The summed E-state index contributed by atoms with van der Waals surface area (Å²) in [5.41, 5.74) is -0.377. The molecule has 3 amide bonds. The highest BCUT2D eigenvalue weighted by Crippen LogP contribution is 2.24. The fourth-order valence-electron chi connectivity index (χ4n) is 2.07. The number of aliphatic hydroxyl groups is 1. The first-order chi connectivity index (χ1) is 11.8. The summed E-state index contributed by atoms with van der Waals surface area (Å²) in [5.74, 6) is -1.96. The predicted octanol–water partition coefficient (Wildman–Crippen LogP) is 1.67.